The van der Waals surface area contributed by atoms with E-state index in [9.17, 15) is 14.7 Å². The van der Waals surface area contributed by atoms with Crippen LogP contribution in [0.2, 0.25) is 0 Å². The van der Waals surface area contributed by atoms with Gasteiger partial charge in [-0.1, -0.05) is 37.3 Å². The minimum atomic E-state index is -0.497. The summed E-state index contributed by atoms with van der Waals surface area (Å²) in [7, 11) is 4.78. The van der Waals surface area contributed by atoms with Crippen LogP contribution in [0.1, 0.15) is 39.6 Å². The predicted octanol–water partition coefficient (Wildman–Crippen LogP) is 4.76. The summed E-state index contributed by atoms with van der Waals surface area (Å²) in [6.45, 7) is 2.24. The van der Waals surface area contributed by atoms with E-state index in [2.05, 4.69) is 5.32 Å². The van der Waals surface area contributed by atoms with Crippen LogP contribution in [0.4, 0.5) is 0 Å². The molecule has 1 aromatic heterocycles. The molecule has 0 spiro atoms. The Bertz CT molecular complexity index is 1480. The second-order valence-electron chi connectivity index (χ2n) is 9.31. The summed E-state index contributed by atoms with van der Waals surface area (Å²) in [4.78, 5) is 25.6. The number of rotatable bonds is 11. The van der Waals surface area contributed by atoms with Crippen molar-refractivity contribution in [3.8, 4) is 22.6 Å². The molecule has 0 aliphatic carbocycles. The average molecular weight is 531 g/mol. The zero-order valence-corrected chi connectivity index (χ0v) is 22.7. The van der Waals surface area contributed by atoms with Gasteiger partial charge < -0.3 is 29.2 Å². The fourth-order valence-electron chi connectivity index (χ4n) is 4.65. The van der Waals surface area contributed by atoms with E-state index in [1.54, 1.807) is 30.3 Å². The molecule has 0 saturated carbocycles. The summed E-state index contributed by atoms with van der Waals surface area (Å²) in [6, 6.07) is 18.1. The number of aryl methyl sites for hydroxylation is 1. The van der Waals surface area contributed by atoms with Crippen molar-refractivity contribution in [3.63, 3.8) is 0 Å². The molecule has 1 atom stereocenters. The molecule has 4 rings (SSSR count). The lowest BCUT2D eigenvalue weighted by atomic mass is 9.99. The standard InChI is InChI=1S/C31H34N2O6/c1-5-14-39-28-13-11-20(21-10-12-25(31(36)38-4)29(17-21)37-3)16-26(28)30(35)32-23(19-34)15-22-18-33(2)27-9-7-6-8-24(22)27/h6-13,16-18,23,34H,5,14-15,19H2,1-4H3,(H,32,35). The molecule has 3 aromatic carbocycles. The van der Waals surface area contributed by atoms with Gasteiger partial charge in [0, 0.05) is 24.1 Å². The van der Waals surface area contributed by atoms with Crippen molar-refractivity contribution in [2.75, 3.05) is 27.4 Å². The molecule has 8 nitrogen and oxygen atoms in total. The maximum atomic E-state index is 13.6. The molecule has 0 aliphatic rings. The zero-order valence-electron chi connectivity index (χ0n) is 22.7. The van der Waals surface area contributed by atoms with E-state index in [4.69, 9.17) is 14.2 Å². The second-order valence-corrected chi connectivity index (χ2v) is 9.31. The van der Waals surface area contributed by atoms with Gasteiger partial charge in [0.2, 0.25) is 0 Å². The minimum Gasteiger partial charge on any atom is -0.496 e. The monoisotopic (exact) mass is 530 g/mol. The molecule has 0 saturated heterocycles. The van der Waals surface area contributed by atoms with Gasteiger partial charge in [-0.3, -0.25) is 4.79 Å². The summed E-state index contributed by atoms with van der Waals surface area (Å²) in [6.07, 6.45) is 3.29. The first kappa shape index (κ1) is 27.7. The van der Waals surface area contributed by atoms with Crippen LogP contribution in [0.25, 0.3) is 22.0 Å². The van der Waals surface area contributed by atoms with Crippen LogP contribution in [-0.4, -0.2) is 55.0 Å². The number of methoxy groups -OCH3 is 2. The number of carbonyl (C=O) groups is 2. The number of hydrogen-bond acceptors (Lipinski definition) is 6. The lowest BCUT2D eigenvalue weighted by Gasteiger charge is -2.19. The normalized spacial score (nSPS) is 11.7. The maximum absolute atomic E-state index is 13.6. The quantitative estimate of drug-likeness (QED) is 0.271. The van der Waals surface area contributed by atoms with Crippen LogP contribution >= 0.6 is 0 Å². The van der Waals surface area contributed by atoms with Gasteiger partial charge in [0.25, 0.3) is 5.91 Å². The highest BCUT2D eigenvalue weighted by molar-refractivity contribution is 5.99. The highest BCUT2D eigenvalue weighted by atomic mass is 16.5. The third kappa shape index (κ3) is 6.07. The summed E-state index contributed by atoms with van der Waals surface area (Å²) < 4.78 is 18.2. The molecule has 8 heteroatoms. The molecule has 1 amide bonds. The van der Waals surface area contributed by atoms with Crippen molar-refractivity contribution >= 4 is 22.8 Å². The van der Waals surface area contributed by atoms with Gasteiger partial charge >= 0.3 is 5.97 Å². The van der Waals surface area contributed by atoms with Crippen LogP contribution in [-0.2, 0) is 18.2 Å². The van der Waals surface area contributed by atoms with E-state index >= 15 is 0 Å². The third-order valence-electron chi connectivity index (χ3n) is 6.63. The smallest absolute Gasteiger partial charge is 0.341 e. The number of aliphatic hydroxyl groups is 1. The van der Waals surface area contributed by atoms with E-state index in [1.165, 1.54) is 14.2 Å². The highest BCUT2D eigenvalue weighted by Crippen LogP contribution is 2.31. The van der Waals surface area contributed by atoms with Crippen LogP contribution in [0, 0.1) is 0 Å². The van der Waals surface area contributed by atoms with Gasteiger partial charge in [-0.15, -0.1) is 0 Å². The molecule has 1 heterocycles. The first-order valence-electron chi connectivity index (χ1n) is 12.9. The number of esters is 1. The molecule has 39 heavy (non-hydrogen) atoms. The Morgan fingerprint density at radius 2 is 1.72 bits per heavy atom. The van der Waals surface area contributed by atoms with Crippen LogP contribution in [0.3, 0.4) is 0 Å². The molecule has 0 radical (unpaired) electrons. The first-order chi connectivity index (χ1) is 18.9. The lowest BCUT2D eigenvalue weighted by molar-refractivity contribution is 0.0597. The minimum absolute atomic E-state index is 0.216. The Hall–Kier alpha value is -4.30. The van der Waals surface area contributed by atoms with Crippen molar-refractivity contribution in [2.24, 2.45) is 7.05 Å². The van der Waals surface area contributed by atoms with Crippen molar-refractivity contribution in [2.45, 2.75) is 25.8 Å². The van der Waals surface area contributed by atoms with Gasteiger partial charge in [-0.25, -0.2) is 4.79 Å². The zero-order chi connectivity index (χ0) is 27.9. The molecule has 0 fully saturated rings. The number of fused-ring (bicyclic) bond motifs is 1. The fourth-order valence-corrected chi connectivity index (χ4v) is 4.65. The van der Waals surface area contributed by atoms with Crippen LogP contribution in [0.5, 0.6) is 11.5 Å². The number of aliphatic hydroxyl groups excluding tert-OH is 1. The molecule has 204 valence electrons. The summed E-state index contributed by atoms with van der Waals surface area (Å²) in [5, 5.41) is 14.2. The van der Waals surface area contributed by atoms with Crippen molar-refractivity contribution in [1.82, 2.24) is 9.88 Å². The lowest BCUT2D eigenvalue weighted by Crippen LogP contribution is -2.39. The maximum Gasteiger partial charge on any atom is 0.341 e. The van der Waals surface area contributed by atoms with Gasteiger partial charge in [0.1, 0.15) is 17.1 Å². The van der Waals surface area contributed by atoms with E-state index in [1.807, 2.05) is 55.1 Å². The fraction of sp³-hybridized carbons (Fsp3) is 0.290. The second kappa shape index (κ2) is 12.5. The van der Waals surface area contributed by atoms with Crippen molar-refractivity contribution in [1.29, 1.82) is 0 Å². The Morgan fingerprint density at radius 1 is 0.974 bits per heavy atom. The summed E-state index contributed by atoms with van der Waals surface area (Å²) in [5.41, 5.74) is 4.30. The van der Waals surface area contributed by atoms with Crippen molar-refractivity contribution < 1.29 is 28.9 Å². The molecular formula is C31H34N2O6. The number of benzene rings is 3. The van der Waals surface area contributed by atoms with Crippen LogP contribution in [0.15, 0.2) is 66.9 Å². The largest absolute Gasteiger partial charge is 0.496 e. The number of nitrogens with zero attached hydrogens (tertiary/aromatic N) is 1. The van der Waals surface area contributed by atoms with Crippen molar-refractivity contribution in [3.05, 3.63) is 83.6 Å². The summed E-state index contributed by atoms with van der Waals surface area (Å²) in [5.74, 6) is -0.0198. The Balaban J connectivity index is 1.64. The Morgan fingerprint density at radius 3 is 2.44 bits per heavy atom. The third-order valence-corrected chi connectivity index (χ3v) is 6.63. The number of amides is 1. The van der Waals surface area contributed by atoms with Gasteiger partial charge in [-0.2, -0.15) is 0 Å². The van der Waals surface area contributed by atoms with E-state index in [-0.39, 0.29) is 12.5 Å². The summed E-state index contributed by atoms with van der Waals surface area (Å²) >= 11 is 0. The molecule has 1 unspecified atom stereocenters. The van der Waals surface area contributed by atoms with Gasteiger partial charge in [0.05, 0.1) is 39.0 Å². The number of ether oxygens (including phenoxy) is 3. The number of nitrogens with one attached hydrogen (secondary N) is 1. The molecule has 0 aliphatic heterocycles. The predicted molar refractivity (Wildman–Crippen MR) is 151 cm³/mol. The molecule has 0 bridgehead atoms. The SMILES string of the molecule is CCCOc1ccc(-c2ccc(C(=O)OC)c(OC)c2)cc1C(=O)NC(CO)Cc1cn(C)c2ccccc12. The molecule has 2 N–H and O–H groups in total. The number of para-hydroxylation sites is 1. The van der Waals surface area contributed by atoms with Gasteiger partial charge in [-0.05, 0) is 59.9 Å². The Labute approximate surface area is 228 Å². The average Bonchev–Trinajstić information content (AvgIpc) is 3.29. The number of aromatic nitrogens is 1. The van der Waals surface area contributed by atoms with E-state index < -0.39 is 12.0 Å². The van der Waals surface area contributed by atoms with E-state index in [0.717, 1.165) is 34.0 Å². The first-order valence-corrected chi connectivity index (χ1v) is 12.9. The van der Waals surface area contributed by atoms with Crippen LogP contribution < -0.4 is 14.8 Å². The topological polar surface area (TPSA) is 99.0 Å². The van der Waals surface area contributed by atoms with Gasteiger partial charge in [0.15, 0.2) is 0 Å². The number of hydrogen-bond donors (Lipinski definition) is 2. The van der Waals surface area contributed by atoms with E-state index in [0.29, 0.717) is 35.7 Å². The highest BCUT2D eigenvalue weighted by Gasteiger charge is 2.21. The number of carbonyl (C=O) groups excluding carboxylic acids is 2. The molecular weight excluding hydrogens is 496 g/mol. The molecule has 4 aromatic rings. The Kier molecular flexibility index (Phi) is 8.88.